The maximum Gasteiger partial charge on any atom is 0.260 e. The maximum absolute atomic E-state index is 13.8. The Kier molecular flexibility index (Phi) is 9.90. The van der Waals surface area contributed by atoms with Gasteiger partial charge in [-0.25, -0.2) is 0 Å². The van der Waals surface area contributed by atoms with Crippen molar-refractivity contribution in [3.05, 3.63) is 40.8 Å². The van der Waals surface area contributed by atoms with Crippen LogP contribution >= 0.6 is 0 Å². The summed E-state index contributed by atoms with van der Waals surface area (Å²) in [6, 6.07) is 5.21. The lowest BCUT2D eigenvalue weighted by Crippen LogP contribution is -2.46. The summed E-state index contributed by atoms with van der Waals surface area (Å²) in [5.74, 6) is 1.81. The van der Waals surface area contributed by atoms with Crippen LogP contribution in [-0.4, -0.2) is 95.6 Å². The minimum Gasteiger partial charge on any atom is -0.486 e. The SMILES string of the molecule is Cc1noc(C)c1C(=O)N1C[C@@H]2C[C@H]1C(=O)NCCCCN(Cc1ccc3c(c1)OCCO3)CCCN2C(=O)CC(C)C. The number of amides is 3. The summed E-state index contributed by atoms with van der Waals surface area (Å²) in [6.45, 7) is 12.5. The smallest absolute Gasteiger partial charge is 0.260 e. The van der Waals surface area contributed by atoms with E-state index in [1.165, 1.54) is 0 Å². The number of aromatic nitrogens is 1. The van der Waals surface area contributed by atoms with E-state index in [1.54, 1.807) is 18.7 Å². The second-order valence-corrected chi connectivity index (χ2v) is 12.4. The predicted octanol–water partition coefficient (Wildman–Crippen LogP) is 3.32. The van der Waals surface area contributed by atoms with Gasteiger partial charge in [-0.15, -0.1) is 0 Å². The number of carbonyl (C=O) groups excluding carboxylic acids is 3. The maximum atomic E-state index is 13.8. The van der Waals surface area contributed by atoms with Crippen LogP contribution in [0.15, 0.2) is 22.7 Å². The summed E-state index contributed by atoms with van der Waals surface area (Å²) in [7, 11) is 0. The molecule has 11 nitrogen and oxygen atoms in total. The Bertz CT molecular complexity index is 1290. The zero-order chi connectivity index (χ0) is 30.5. The normalized spacial score (nSPS) is 21.9. The second kappa shape index (κ2) is 13.8. The Balaban J connectivity index is 1.35. The number of rotatable bonds is 5. The molecule has 0 aliphatic carbocycles. The first-order valence-electron chi connectivity index (χ1n) is 15.6. The van der Waals surface area contributed by atoms with Gasteiger partial charge in [0.2, 0.25) is 11.8 Å². The lowest BCUT2D eigenvalue weighted by atomic mass is 10.1. The molecule has 2 fully saturated rings. The Hall–Kier alpha value is -3.60. The van der Waals surface area contributed by atoms with Gasteiger partial charge < -0.3 is 29.1 Å². The van der Waals surface area contributed by atoms with Gasteiger partial charge in [0.25, 0.3) is 5.91 Å². The molecular weight excluding hydrogens is 550 g/mol. The van der Waals surface area contributed by atoms with Gasteiger partial charge in [-0.1, -0.05) is 25.1 Å². The van der Waals surface area contributed by atoms with Crippen molar-refractivity contribution in [3.8, 4) is 11.5 Å². The molecule has 1 aromatic heterocycles. The van der Waals surface area contributed by atoms with Crippen molar-refractivity contribution in [2.75, 3.05) is 45.9 Å². The van der Waals surface area contributed by atoms with Crippen LogP contribution in [-0.2, 0) is 16.1 Å². The van der Waals surface area contributed by atoms with Crippen molar-refractivity contribution in [1.29, 1.82) is 0 Å². The zero-order valence-electron chi connectivity index (χ0n) is 25.9. The minimum atomic E-state index is -0.657. The lowest BCUT2D eigenvalue weighted by molar-refractivity contribution is -0.134. The molecule has 2 bridgehead atoms. The lowest BCUT2D eigenvalue weighted by Gasteiger charge is -2.31. The molecule has 3 aliphatic rings. The van der Waals surface area contributed by atoms with E-state index >= 15 is 0 Å². The number of benzene rings is 1. The number of nitrogens with one attached hydrogen (secondary N) is 1. The molecule has 4 heterocycles. The van der Waals surface area contributed by atoms with E-state index in [4.69, 9.17) is 14.0 Å². The van der Waals surface area contributed by atoms with Crippen molar-refractivity contribution in [3.63, 3.8) is 0 Å². The number of nitrogens with zero attached hydrogens (tertiary/aromatic N) is 4. The van der Waals surface area contributed by atoms with Crippen molar-refractivity contribution in [2.45, 2.75) is 78.4 Å². The summed E-state index contributed by atoms with van der Waals surface area (Å²) in [6.07, 6.45) is 3.36. The number of ether oxygens (including phenoxy) is 2. The molecule has 1 aromatic carbocycles. The first kappa shape index (κ1) is 30.8. The molecule has 11 heteroatoms. The van der Waals surface area contributed by atoms with E-state index in [0.717, 1.165) is 56.0 Å². The molecule has 3 aliphatic heterocycles. The largest absolute Gasteiger partial charge is 0.486 e. The third kappa shape index (κ3) is 7.31. The summed E-state index contributed by atoms with van der Waals surface area (Å²) in [5, 5.41) is 7.03. The van der Waals surface area contributed by atoms with Crippen LogP contribution in [0.2, 0.25) is 0 Å². The highest BCUT2D eigenvalue weighted by Gasteiger charge is 2.44. The summed E-state index contributed by atoms with van der Waals surface area (Å²) >= 11 is 0. The number of hydrogen-bond donors (Lipinski definition) is 1. The van der Waals surface area contributed by atoms with Crippen LogP contribution in [0.25, 0.3) is 0 Å². The number of fused-ring (bicyclic) bond motifs is 3. The fourth-order valence-corrected chi connectivity index (χ4v) is 6.39. The average Bonchev–Trinajstić information content (AvgIpc) is 3.56. The fraction of sp³-hybridized carbons (Fsp3) is 0.625. The molecule has 3 amide bonds. The van der Waals surface area contributed by atoms with Crippen LogP contribution in [0.4, 0.5) is 0 Å². The molecule has 0 unspecified atom stereocenters. The van der Waals surface area contributed by atoms with Gasteiger partial charge in [0.05, 0.1) is 11.7 Å². The Morgan fingerprint density at radius 3 is 2.53 bits per heavy atom. The van der Waals surface area contributed by atoms with Gasteiger partial charge in [-0.2, -0.15) is 0 Å². The van der Waals surface area contributed by atoms with Crippen LogP contribution in [0.5, 0.6) is 11.5 Å². The second-order valence-electron chi connectivity index (χ2n) is 12.4. The number of likely N-dealkylation sites (tertiary alicyclic amines) is 1. The molecule has 0 radical (unpaired) electrons. The molecule has 2 saturated heterocycles. The van der Waals surface area contributed by atoms with Gasteiger partial charge in [0, 0.05) is 39.1 Å². The first-order chi connectivity index (χ1) is 20.7. The molecule has 5 rings (SSSR count). The third-order valence-corrected chi connectivity index (χ3v) is 8.52. The van der Waals surface area contributed by atoms with E-state index in [0.29, 0.717) is 62.7 Å². The molecule has 0 saturated carbocycles. The van der Waals surface area contributed by atoms with Gasteiger partial charge in [0.15, 0.2) is 11.5 Å². The predicted molar refractivity (Wildman–Crippen MR) is 160 cm³/mol. The van der Waals surface area contributed by atoms with Crippen molar-refractivity contribution in [1.82, 2.24) is 25.2 Å². The Morgan fingerprint density at radius 2 is 1.79 bits per heavy atom. The van der Waals surface area contributed by atoms with Crippen LogP contribution in [0.1, 0.15) is 73.3 Å². The van der Waals surface area contributed by atoms with E-state index in [2.05, 4.69) is 27.5 Å². The van der Waals surface area contributed by atoms with Crippen molar-refractivity contribution in [2.24, 2.45) is 5.92 Å². The molecule has 1 N–H and O–H groups in total. The van der Waals surface area contributed by atoms with Crippen LogP contribution in [0.3, 0.4) is 0 Å². The molecule has 0 spiro atoms. The first-order valence-corrected chi connectivity index (χ1v) is 15.6. The van der Waals surface area contributed by atoms with E-state index in [9.17, 15) is 14.4 Å². The highest BCUT2D eigenvalue weighted by molar-refractivity contribution is 5.99. The highest BCUT2D eigenvalue weighted by atomic mass is 16.6. The van der Waals surface area contributed by atoms with Gasteiger partial charge in [-0.05, 0) is 69.7 Å². The topological polar surface area (TPSA) is 117 Å². The van der Waals surface area contributed by atoms with Crippen LogP contribution < -0.4 is 14.8 Å². The number of carbonyl (C=O) groups is 3. The van der Waals surface area contributed by atoms with Crippen molar-refractivity contribution < 1.29 is 28.4 Å². The number of hydrogen-bond acceptors (Lipinski definition) is 8. The zero-order valence-corrected chi connectivity index (χ0v) is 25.9. The quantitative estimate of drug-likeness (QED) is 0.560. The Morgan fingerprint density at radius 1 is 1.02 bits per heavy atom. The standard InChI is InChI=1S/C32H45N5O6/c1-21(2)16-29(38)36-13-7-12-35(19-24-8-9-27-28(17-24)42-15-14-41-27)11-6-5-10-33-31(39)26-18-25(36)20-37(26)32(40)30-22(3)34-43-23(30)4/h8-9,17,21,25-26H,5-7,10-16,18-20H2,1-4H3,(H,33,39)/t25-,26-/m0/s1. The summed E-state index contributed by atoms with van der Waals surface area (Å²) in [4.78, 5) is 46.8. The highest BCUT2D eigenvalue weighted by Crippen LogP contribution is 2.32. The molecular formula is C32H45N5O6. The summed E-state index contributed by atoms with van der Waals surface area (Å²) < 4.78 is 16.8. The van der Waals surface area contributed by atoms with Gasteiger partial charge >= 0.3 is 0 Å². The van der Waals surface area contributed by atoms with E-state index in [1.807, 2.05) is 24.8 Å². The van der Waals surface area contributed by atoms with Crippen LogP contribution in [0, 0.1) is 19.8 Å². The van der Waals surface area contributed by atoms with Gasteiger partial charge in [0.1, 0.15) is 30.6 Å². The number of aryl methyl sites for hydroxylation is 2. The molecule has 2 atom stereocenters. The molecule has 234 valence electrons. The Labute approximate surface area is 253 Å². The van der Waals surface area contributed by atoms with Gasteiger partial charge in [-0.3, -0.25) is 19.3 Å². The fourth-order valence-electron chi connectivity index (χ4n) is 6.39. The third-order valence-electron chi connectivity index (χ3n) is 8.52. The van der Waals surface area contributed by atoms with Crippen molar-refractivity contribution >= 4 is 17.7 Å². The monoisotopic (exact) mass is 595 g/mol. The average molecular weight is 596 g/mol. The minimum absolute atomic E-state index is 0.0660. The molecule has 2 aromatic rings. The molecule has 43 heavy (non-hydrogen) atoms. The summed E-state index contributed by atoms with van der Waals surface area (Å²) in [5.41, 5.74) is 2.05. The van der Waals surface area contributed by atoms with E-state index < -0.39 is 6.04 Å². The van der Waals surface area contributed by atoms with E-state index in [-0.39, 0.29) is 29.7 Å².